The van der Waals surface area contributed by atoms with Gasteiger partial charge in [0.05, 0.1) is 11.3 Å². The molecule has 158 valence electrons. The van der Waals surface area contributed by atoms with Crippen LogP contribution in [0.15, 0.2) is 55.0 Å². The van der Waals surface area contributed by atoms with Crippen molar-refractivity contribution in [3.8, 4) is 11.6 Å². The lowest BCUT2D eigenvalue weighted by Gasteiger charge is -2.09. The molecule has 8 nitrogen and oxygen atoms in total. The summed E-state index contributed by atoms with van der Waals surface area (Å²) in [6.07, 6.45) is 1.11. The Morgan fingerprint density at radius 3 is 2.37 bits per heavy atom. The third-order valence-electron chi connectivity index (χ3n) is 3.99. The maximum atomic E-state index is 12.5. The van der Waals surface area contributed by atoms with Gasteiger partial charge in [0.2, 0.25) is 21.9 Å². The van der Waals surface area contributed by atoms with Crippen molar-refractivity contribution in [2.24, 2.45) is 0 Å². The molecule has 2 heterocycles. The number of benzene rings is 1. The van der Waals surface area contributed by atoms with Crippen LogP contribution in [0, 0.1) is 0 Å². The summed E-state index contributed by atoms with van der Waals surface area (Å²) in [5, 5.41) is 2.94. The average molecular weight is 435 g/mol. The highest BCUT2D eigenvalue weighted by atomic mass is 32.2. The lowest BCUT2D eigenvalue weighted by Crippen LogP contribution is -2.20. The Labute approximate surface area is 172 Å². The number of alkyl halides is 2. The van der Waals surface area contributed by atoms with E-state index in [1.54, 1.807) is 42.6 Å². The number of pyridine rings is 1. The number of hydrogen-bond donors (Lipinski definition) is 2. The Morgan fingerprint density at radius 1 is 1.03 bits per heavy atom. The molecule has 3 rings (SSSR count). The zero-order valence-corrected chi connectivity index (χ0v) is 16.7. The van der Waals surface area contributed by atoms with Crippen molar-refractivity contribution in [2.45, 2.75) is 18.7 Å². The van der Waals surface area contributed by atoms with E-state index >= 15 is 0 Å². The molecule has 3 aromatic rings. The Kier molecular flexibility index (Phi) is 6.85. The summed E-state index contributed by atoms with van der Waals surface area (Å²) in [6.45, 7) is 0.341. The van der Waals surface area contributed by atoms with E-state index in [0.29, 0.717) is 23.7 Å². The molecule has 0 unspecified atom stereocenters. The number of ether oxygens (including phenoxy) is 1. The molecule has 0 spiro atoms. The highest BCUT2D eigenvalue weighted by Crippen LogP contribution is 2.22. The van der Waals surface area contributed by atoms with Gasteiger partial charge in [-0.3, -0.25) is 0 Å². The van der Waals surface area contributed by atoms with E-state index in [4.69, 9.17) is 4.74 Å². The van der Waals surface area contributed by atoms with Crippen molar-refractivity contribution in [2.75, 3.05) is 12.4 Å². The molecule has 0 radical (unpaired) electrons. The molecule has 2 aromatic heterocycles. The normalized spacial score (nSPS) is 11.5. The molecule has 0 aliphatic heterocycles. The van der Waals surface area contributed by atoms with E-state index in [1.165, 1.54) is 7.05 Å². The van der Waals surface area contributed by atoms with E-state index in [-0.39, 0.29) is 17.3 Å². The van der Waals surface area contributed by atoms with Crippen LogP contribution in [0.4, 0.5) is 14.7 Å². The van der Waals surface area contributed by atoms with Gasteiger partial charge in [-0.15, -0.1) is 0 Å². The number of anilines is 1. The molecular weight excluding hydrogens is 416 g/mol. The zero-order chi connectivity index (χ0) is 21.6. The first-order valence-corrected chi connectivity index (χ1v) is 10.5. The number of aromatic nitrogens is 3. The maximum Gasteiger partial charge on any atom is 0.266 e. The van der Waals surface area contributed by atoms with Gasteiger partial charge in [-0.05, 0) is 36.4 Å². The summed E-state index contributed by atoms with van der Waals surface area (Å²) in [5.41, 5.74) is 1.20. The van der Waals surface area contributed by atoms with Crippen molar-refractivity contribution in [3.63, 3.8) is 0 Å². The number of nitrogens with zero attached hydrogens (tertiary/aromatic N) is 3. The standard InChI is InChI=1S/C19H19F2N5O3S/c1-22-30(27,28)12-13-2-4-16(5-3-13)29-17-8-14(6-7-23-17)9-24-19-25-10-15(11-26-19)18(20)21/h2-8,10-11,18,22H,9,12H2,1H3,(H,24,25,26). The average Bonchev–Trinajstić information content (AvgIpc) is 2.74. The Hall–Kier alpha value is -3.18. The van der Waals surface area contributed by atoms with Crippen molar-refractivity contribution < 1.29 is 21.9 Å². The molecule has 0 saturated carbocycles. The number of nitrogens with one attached hydrogen (secondary N) is 2. The number of halogens is 2. The van der Waals surface area contributed by atoms with Crippen molar-refractivity contribution in [3.05, 3.63) is 71.7 Å². The summed E-state index contributed by atoms with van der Waals surface area (Å²) in [7, 11) is -1.98. The first-order chi connectivity index (χ1) is 14.3. The molecule has 0 aliphatic rings. The van der Waals surface area contributed by atoms with E-state index in [2.05, 4.69) is 25.0 Å². The molecule has 30 heavy (non-hydrogen) atoms. The molecule has 0 fully saturated rings. The predicted octanol–water partition coefficient (Wildman–Crippen LogP) is 3.26. The second-order valence-corrected chi connectivity index (χ2v) is 8.13. The molecule has 0 aliphatic carbocycles. The zero-order valence-electron chi connectivity index (χ0n) is 15.9. The highest BCUT2D eigenvalue weighted by Gasteiger charge is 2.10. The van der Waals surface area contributed by atoms with Crippen LogP contribution in [-0.4, -0.2) is 30.4 Å². The Morgan fingerprint density at radius 2 is 1.73 bits per heavy atom. The van der Waals surface area contributed by atoms with Crippen LogP contribution >= 0.6 is 0 Å². The fourth-order valence-corrected chi connectivity index (χ4v) is 3.18. The second-order valence-electron chi connectivity index (χ2n) is 6.21. The van der Waals surface area contributed by atoms with Crippen LogP contribution in [0.25, 0.3) is 0 Å². The van der Waals surface area contributed by atoms with Gasteiger partial charge in [-0.1, -0.05) is 12.1 Å². The van der Waals surface area contributed by atoms with Gasteiger partial charge in [0.1, 0.15) is 5.75 Å². The third kappa shape index (κ3) is 6.16. The first-order valence-electron chi connectivity index (χ1n) is 8.81. The topological polar surface area (TPSA) is 106 Å². The fourth-order valence-electron chi connectivity index (χ4n) is 2.41. The van der Waals surface area contributed by atoms with Crippen LogP contribution in [0.3, 0.4) is 0 Å². The van der Waals surface area contributed by atoms with Gasteiger partial charge < -0.3 is 10.1 Å². The predicted molar refractivity (Wildman–Crippen MR) is 107 cm³/mol. The van der Waals surface area contributed by atoms with Crippen LogP contribution < -0.4 is 14.8 Å². The monoisotopic (exact) mass is 435 g/mol. The Balaban J connectivity index is 1.60. The van der Waals surface area contributed by atoms with Crippen LogP contribution in [-0.2, 0) is 22.3 Å². The Bertz CT molecular complexity index is 1080. The minimum absolute atomic E-state index is 0.121. The largest absolute Gasteiger partial charge is 0.439 e. The van der Waals surface area contributed by atoms with Gasteiger partial charge >= 0.3 is 0 Å². The lowest BCUT2D eigenvalue weighted by molar-refractivity contribution is 0.150. The smallest absolute Gasteiger partial charge is 0.266 e. The molecule has 1 aromatic carbocycles. The van der Waals surface area contributed by atoms with E-state index in [0.717, 1.165) is 18.0 Å². The summed E-state index contributed by atoms with van der Waals surface area (Å²) in [4.78, 5) is 11.8. The summed E-state index contributed by atoms with van der Waals surface area (Å²) in [5.74, 6) is 0.956. The molecule has 0 bridgehead atoms. The summed E-state index contributed by atoms with van der Waals surface area (Å²) in [6, 6.07) is 10.1. The van der Waals surface area contributed by atoms with Crippen molar-refractivity contribution in [1.29, 1.82) is 0 Å². The maximum absolute atomic E-state index is 12.5. The van der Waals surface area contributed by atoms with Gasteiger partial charge in [0.25, 0.3) is 6.43 Å². The number of rotatable bonds is 9. The third-order valence-corrected chi connectivity index (χ3v) is 5.32. The van der Waals surface area contributed by atoms with Gasteiger partial charge in [-0.2, -0.15) is 0 Å². The lowest BCUT2D eigenvalue weighted by atomic mass is 10.2. The SMILES string of the molecule is CNS(=O)(=O)Cc1ccc(Oc2cc(CNc3ncc(C(F)F)cn3)ccn2)cc1. The van der Waals surface area contributed by atoms with Gasteiger partial charge in [-0.25, -0.2) is 36.9 Å². The van der Waals surface area contributed by atoms with Crippen molar-refractivity contribution in [1.82, 2.24) is 19.7 Å². The highest BCUT2D eigenvalue weighted by molar-refractivity contribution is 7.88. The first kappa shape index (κ1) is 21.5. The molecule has 0 amide bonds. The molecular formula is C19H19F2N5O3S. The van der Waals surface area contributed by atoms with E-state index in [1.807, 2.05) is 0 Å². The quantitative estimate of drug-likeness (QED) is 0.531. The van der Waals surface area contributed by atoms with Crippen LogP contribution in [0.5, 0.6) is 11.6 Å². The van der Waals surface area contributed by atoms with E-state index in [9.17, 15) is 17.2 Å². The molecule has 2 N–H and O–H groups in total. The van der Waals surface area contributed by atoms with Gasteiger partial charge in [0, 0.05) is 31.2 Å². The second kappa shape index (κ2) is 9.55. The van der Waals surface area contributed by atoms with E-state index < -0.39 is 16.4 Å². The number of hydrogen-bond acceptors (Lipinski definition) is 7. The minimum atomic E-state index is -3.34. The molecule has 0 saturated heterocycles. The van der Waals surface area contributed by atoms with Crippen LogP contribution in [0.1, 0.15) is 23.1 Å². The molecule has 0 atom stereocenters. The van der Waals surface area contributed by atoms with Gasteiger partial charge in [0.15, 0.2) is 0 Å². The fraction of sp³-hybridized carbons (Fsp3) is 0.211. The summed E-state index contributed by atoms with van der Waals surface area (Å²) >= 11 is 0. The number of sulfonamides is 1. The summed E-state index contributed by atoms with van der Waals surface area (Å²) < 4.78 is 56.2. The minimum Gasteiger partial charge on any atom is -0.439 e. The molecule has 11 heteroatoms. The van der Waals surface area contributed by atoms with Crippen molar-refractivity contribution >= 4 is 16.0 Å². The van der Waals surface area contributed by atoms with Crippen LogP contribution in [0.2, 0.25) is 0 Å².